The van der Waals surface area contributed by atoms with Gasteiger partial charge in [0, 0.05) is 25.2 Å². The topological polar surface area (TPSA) is 75.7 Å². The van der Waals surface area contributed by atoms with Crippen molar-refractivity contribution in [1.82, 2.24) is 9.62 Å². The lowest BCUT2D eigenvalue weighted by atomic mass is 10.0. The zero-order valence-electron chi connectivity index (χ0n) is 15.6. The number of benzene rings is 2. The summed E-state index contributed by atoms with van der Waals surface area (Å²) in [4.78, 5) is 12.6. The average molecular weight is 376 g/mol. The predicted molar refractivity (Wildman–Crippen MR) is 101 cm³/mol. The molecule has 0 bridgehead atoms. The van der Waals surface area contributed by atoms with Gasteiger partial charge in [0.2, 0.25) is 10.0 Å². The second-order valence-corrected chi connectivity index (χ2v) is 8.40. The molecule has 0 aromatic heterocycles. The van der Waals surface area contributed by atoms with Crippen molar-refractivity contribution in [1.29, 1.82) is 0 Å². The Balaban J connectivity index is 2.19. The van der Waals surface area contributed by atoms with Gasteiger partial charge in [0.1, 0.15) is 5.75 Å². The van der Waals surface area contributed by atoms with Crippen LogP contribution in [0.3, 0.4) is 0 Å². The highest BCUT2D eigenvalue weighted by Crippen LogP contribution is 2.26. The van der Waals surface area contributed by atoms with Crippen LogP contribution in [0.2, 0.25) is 0 Å². The Labute approximate surface area is 154 Å². The maximum absolute atomic E-state index is 12.5. The molecule has 1 amide bonds. The Morgan fingerprint density at radius 2 is 1.73 bits per heavy atom. The first-order chi connectivity index (χ1) is 12.2. The van der Waals surface area contributed by atoms with Crippen LogP contribution in [0.1, 0.15) is 34.5 Å². The van der Waals surface area contributed by atoms with E-state index in [1.807, 2.05) is 32.0 Å². The molecule has 2 aromatic carbocycles. The van der Waals surface area contributed by atoms with Crippen molar-refractivity contribution in [3.8, 4) is 5.75 Å². The van der Waals surface area contributed by atoms with E-state index in [-0.39, 0.29) is 16.8 Å². The van der Waals surface area contributed by atoms with E-state index in [2.05, 4.69) is 5.32 Å². The van der Waals surface area contributed by atoms with Crippen molar-refractivity contribution >= 4 is 15.9 Å². The van der Waals surface area contributed by atoms with Gasteiger partial charge >= 0.3 is 0 Å². The van der Waals surface area contributed by atoms with E-state index in [1.54, 1.807) is 7.11 Å². The molecule has 0 fully saturated rings. The molecule has 0 unspecified atom stereocenters. The van der Waals surface area contributed by atoms with Crippen LogP contribution in [-0.4, -0.2) is 39.8 Å². The summed E-state index contributed by atoms with van der Waals surface area (Å²) in [6, 6.07) is 11.4. The van der Waals surface area contributed by atoms with E-state index in [4.69, 9.17) is 4.74 Å². The van der Waals surface area contributed by atoms with Crippen LogP contribution >= 0.6 is 0 Å². The molecule has 2 rings (SSSR count). The third kappa shape index (κ3) is 4.23. The number of nitrogens with one attached hydrogen (secondary N) is 1. The number of hydrogen-bond acceptors (Lipinski definition) is 4. The lowest BCUT2D eigenvalue weighted by Crippen LogP contribution is -2.27. The number of amides is 1. The van der Waals surface area contributed by atoms with Crippen LogP contribution in [0, 0.1) is 6.92 Å². The fourth-order valence-corrected chi connectivity index (χ4v) is 3.44. The fraction of sp³-hybridized carbons (Fsp3) is 0.316. The molecule has 0 aliphatic heterocycles. The van der Waals surface area contributed by atoms with Crippen molar-refractivity contribution in [2.75, 3.05) is 21.2 Å². The Morgan fingerprint density at radius 3 is 2.27 bits per heavy atom. The first-order valence-corrected chi connectivity index (χ1v) is 9.59. The molecule has 7 heteroatoms. The maximum atomic E-state index is 12.5. The largest absolute Gasteiger partial charge is 0.496 e. The Kier molecular flexibility index (Phi) is 6.05. The van der Waals surface area contributed by atoms with Crippen LogP contribution in [0.15, 0.2) is 47.4 Å². The van der Waals surface area contributed by atoms with Crippen molar-refractivity contribution in [2.45, 2.75) is 24.8 Å². The first-order valence-electron chi connectivity index (χ1n) is 8.15. The van der Waals surface area contributed by atoms with Gasteiger partial charge in [0.25, 0.3) is 5.91 Å². The van der Waals surface area contributed by atoms with Gasteiger partial charge in [-0.3, -0.25) is 4.79 Å². The van der Waals surface area contributed by atoms with Crippen molar-refractivity contribution in [3.05, 3.63) is 59.2 Å². The molecule has 2 aromatic rings. The van der Waals surface area contributed by atoms with Gasteiger partial charge < -0.3 is 10.1 Å². The molecular weight excluding hydrogens is 352 g/mol. The number of hydrogen-bond donors (Lipinski definition) is 1. The van der Waals surface area contributed by atoms with E-state index in [9.17, 15) is 13.2 Å². The number of carbonyl (C=O) groups excluding carboxylic acids is 1. The lowest BCUT2D eigenvalue weighted by molar-refractivity contribution is 0.0939. The zero-order valence-corrected chi connectivity index (χ0v) is 16.4. The summed E-state index contributed by atoms with van der Waals surface area (Å²) in [5.74, 6) is 0.422. The smallest absolute Gasteiger partial charge is 0.251 e. The molecule has 1 N–H and O–H groups in total. The third-order valence-corrected chi connectivity index (χ3v) is 5.92. The standard InChI is InChI=1S/C19H24N2O4S/c1-13-6-11-18(25-5)17(12-13)14(2)20-19(22)15-7-9-16(10-8-15)26(23,24)21(3)4/h6-12,14H,1-5H3,(H,20,22)/t14-/m0/s1. The summed E-state index contributed by atoms with van der Waals surface area (Å²) >= 11 is 0. The van der Waals surface area contributed by atoms with E-state index < -0.39 is 10.0 Å². The highest BCUT2D eigenvalue weighted by atomic mass is 32.2. The van der Waals surface area contributed by atoms with Crippen molar-refractivity contribution < 1.29 is 17.9 Å². The lowest BCUT2D eigenvalue weighted by Gasteiger charge is -2.18. The van der Waals surface area contributed by atoms with E-state index in [1.165, 1.54) is 38.4 Å². The minimum Gasteiger partial charge on any atom is -0.496 e. The second-order valence-electron chi connectivity index (χ2n) is 6.25. The van der Waals surface area contributed by atoms with Gasteiger partial charge in [0.05, 0.1) is 18.0 Å². The number of carbonyl (C=O) groups is 1. The molecule has 0 saturated carbocycles. The number of rotatable bonds is 6. The number of aryl methyl sites for hydroxylation is 1. The minimum atomic E-state index is -3.51. The summed E-state index contributed by atoms with van der Waals surface area (Å²) in [6.45, 7) is 3.85. The Morgan fingerprint density at radius 1 is 1.12 bits per heavy atom. The third-order valence-electron chi connectivity index (χ3n) is 4.09. The van der Waals surface area contributed by atoms with E-state index in [0.29, 0.717) is 11.3 Å². The minimum absolute atomic E-state index is 0.146. The molecular formula is C19H24N2O4S. The van der Waals surface area contributed by atoms with Crippen LogP contribution in [0.25, 0.3) is 0 Å². The number of nitrogens with zero attached hydrogens (tertiary/aromatic N) is 1. The van der Waals surface area contributed by atoms with Crippen LogP contribution in [0.5, 0.6) is 5.75 Å². The van der Waals surface area contributed by atoms with E-state index in [0.717, 1.165) is 15.4 Å². The fourth-order valence-electron chi connectivity index (χ4n) is 2.54. The first kappa shape index (κ1) is 19.9. The summed E-state index contributed by atoms with van der Waals surface area (Å²) in [5.41, 5.74) is 2.34. The number of ether oxygens (including phenoxy) is 1. The van der Waals surface area contributed by atoms with Crippen molar-refractivity contribution in [2.24, 2.45) is 0 Å². The monoisotopic (exact) mass is 376 g/mol. The molecule has 140 valence electrons. The molecule has 6 nitrogen and oxygen atoms in total. The average Bonchev–Trinajstić information content (AvgIpc) is 2.61. The van der Waals surface area contributed by atoms with Crippen LogP contribution < -0.4 is 10.1 Å². The highest BCUT2D eigenvalue weighted by Gasteiger charge is 2.19. The molecule has 0 aliphatic carbocycles. The van der Waals surface area contributed by atoms with Gasteiger partial charge in [-0.15, -0.1) is 0 Å². The van der Waals surface area contributed by atoms with Crippen LogP contribution in [0.4, 0.5) is 0 Å². The molecule has 0 radical (unpaired) electrons. The highest BCUT2D eigenvalue weighted by molar-refractivity contribution is 7.89. The summed E-state index contributed by atoms with van der Waals surface area (Å²) in [5, 5.41) is 2.92. The molecule has 0 heterocycles. The quantitative estimate of drug-likeness (QED) is 0.841. The van der Waals surface area contributed by atoms with Gasteiger partial charge in [-0.1, -0.05) is 17.7 Å². The normalized spacial score (nSPS) is 12.7. The van der Waals surface area contributed by atoms with Crippen LogP contribution in [-0.2, 0) is 10.0 Å². The van der Waals surface area contributed by atoms with Crippen molar-refractivity contribution in [3.63, 3.8) is 0 Å². The molecule has 0 saturated heterocycles. The Bertz CT molecular complexity index is 890. The van der Waals surface area contributed by atoms with Gasteiger partial charge in [-0.05, 0) is 44.2 Å². The molecule has 1 atom stereocenters. The predicted octanol–water partition coefficient (Wildman–Crippen LogP) is 2.74. The van der Waals surface area contributed by atoms with Gasteiger partial charge in [-0.25, -0.2) is 12.7 Å². The summed E-state index contributed by atoms with van der Waals surface area (Å²) < 4.78 is 30.7. The number of methoxy groups -OCH3 is 1. The van der Waals surface area contributed by atoms with Gasteiger partial charge in [0.15, 0.2) is 0 Å². The molecule has 0 spiro atoms. The van der Waals surface area contributed by atoms with E-state index >= 15 is 0 Å². The summed E-state index contributed by atoms with van der Waals surface area (Å²) in [7, 11) is 1.01. The summed E-state index contributed by atoms with van der Waals surface area (Å²) in [6.07, 6.45) is 0. The Hall–Kier alpha value is -2.38. The SMILES string of the molecule is COc1ccc(C)cc1[C@H](C)NC(=O)c1ccc(S(=O)(=O)N(C)C)cc1. The second kappa shape index (κ2) is 7.88. The molecule has 26 heavy (non-hydrogen) atoms. The maximum Gasteiger partial charge on any atom is 0.251 e. The zero-order chi connectivity index (χ0) is 19.5. The number of sulfonamides is 1. The van der Waals surface area contributed by atoms with Gasteiger partial charge in [-0.2, -0.15) is 0 Å². The molecule has 0 aliphatic rings.